The summed E-state index contributed by atoms with van der Waals surface area (Å²) in [7, 11) is 0. The molecule has 2 nitrogen and oxygen atoms in total. The minimum atomic E-state index is 0.984. The largest absolute Gasteiger partial charge is 0.256 e. The molecule has 0 atom stereocenters. The van der Waals surface area contributed by atoms with E-state index in [0.717, 1.165) is 16.4 Å². The SMILES string of the molecule is c1ccc(-c2ccnc3c2ccc2ncccc23)cc1. The van der Waals surface area contributed by atoms with Gasteiger partial charge in [0, 0.05) is 23.2 Å². The Kier molecular flexibility index (Phi) is 2.46. The average Bonchev–Trinajstić information content (AvgIpc) is 2.55. The van der Waals surface area contributed by atoms with Gasteiger partial charge in [-0.2, -0.15) is 0 Å². The van der Waals surface area contributed by atoms with Crippen LogP contribution in [0.3, 0.4) is 0 Å². The number of rotatable bonds is 1. The third-order valence-corrected chi connectivity index (χ3v) is 3.58. The van der Waals surface area contributed by atoms with Gasteiger partial charge in [-0.1, -0.05) is 30.3 Å². The second kappa shape index (κ2) is 4.42. The van der Waals surface area contributed by atoms with Crippen molar-refractivity contribution in [1.29, 1.82) is 0 Å². The van der Waals surface area contributed by atoms with Crippen molar-refractivity contribution in [3.8, 4) is 11.1 Å². The van der Waals surface area contributed by atoms with Crippen molar-refractivity contribution in [2.75, 3.05) is 0 Å². The Morgan fingerprint density at radius 1 is 0.600 bits per heavy atom. The summed E-state index contributed by atoms with van der Waals surface area (Å²) in [4.78, 5) is 8.95. The summed E-state index contributed by atoms with van der Waals surface area (Å²) in [5.74, 6) is 0. The summed E-state index contributed by atoms with van der Waals surface area (Å²) < 4.78 is 0. The van der Waals surface area contributed by atoms with Gasteiger partial charge in [0.1, 0.15) is 0 Å². The standard InChI is InChI=1S/C18H12N2/c1-2-5-13(6-3-1)14-10-12-20-18-15(14)8-9-17-16(18)7-4-11-19-17/h1-12H. The molecule has 0 aliphatic rings. The van der Waals surface area contributed by atoms with Crippen LogP contribution in [0.15, 0.2) is 73.1 Å². The van der Waals surface area contributed by atoms with Gasteiger partial charge in [0.25, 0.3) is 0 Å². The van der Waals surface area contributed by atoms with E-state index in [-0.39, 0.29) is 0 Å². The first-order valence-electron chi connectivity index (χ1n) is 6.61. The molecule has 0 saturated heterocycles. The lowest BCUT2D eigenvalue weighted by Gasteiger charge is -2.08. The van der Waals surface area contributed by atoms with Crippen molar-refractivity contribution in [3.63, 3.8) is 0 Å². The molecule has 0 aliphatic carbocycles. The molecule has 2 heterocycles. The lowest BCUT2D eigenvalue weighted by atomic mass is 10.00. The Balaban J connectivity index is 2.12. The molecule has 20 heavy (non-hydrogen) atoms. The van der Waals surface area contributed by atoms with E-state index in [0.29, 0.717) is 0 Å². The molecule has 2 aromatic carbocycles. The van der Waals surface area contributed by atoms with Crippen molar-refractivity contribution >= 4 is 21.8 Å². The molecule has 0 fully saturated rings. The maximum absolute atomic E-state index is 4.56. The topological polar surface area (TPSA) is 25.8 Å². The molecule has 0 saturated carbocycles. The summed E-state index contributed by atoms with van der Waals surface area (Å²) in [5.41, 5.74) is 4.42. The van der Waals surface area contributed by atoms with E-state index in [1.54, 1.807) is 0 Å². The van der Waals surface area contributed by atoms with Gasteiger partial charge in [-0.15, -0.1) is 0 Å². The number of hydrogen-bond donors (Lipinski definition) is 0. The molecule has 2 heteroatoms. The van der Waals surface area contributed by atoms with Crippen molar-refractivity contribution in [3.05, 3.63) is 73.1 Å². The van der Waals surface area contributed by atoms with Crippen LogP contribution in [-0.4, -0.2) is 9.97 Å². The van der Waals surface area contributed by atoms with Crippen molar-refractivity contribution in [2.45, 2.75) is 0 Å². The van der Waals surface area contributed by atoms with Crippen LogP contribution < -0.4 is 0 Å². The molecule has 0 aliphatic heterocycles. The quantitative estimate of drug-likeness (QED) is 0.470. The highest BCUT2D eigenvalue weighted by Crippen LogP contribution is 2.30. The first-order chi connectivity index (χ1) is 9.93. The average molecular weight is 256 g/mol. The summed E-state index contributed by atoms with van der Waals surface area (Å²) in [6.45, 7) is 0. The molecule has 0 bridgehead atoms. The van der Waals surface area contributed by atoms with E-state index in [1.165, 1.54) is 16.5 Å². The van der Waals surface area contributed by atoms with Gasteiger partial charge in [0.2, 0.25) is 0 Å². The first kappa shape index (κ1) is 11.1. The van der Waals surface area contributed by atoms with Crippen LogP contribution >= 0.6 is 0 Å². The summed E-state index contributed by atoms with van der Waals surface area (Å²) in [6.07, 6.45) is 3.69. The molecule has 0 spiro atoms. The van der Waals surface area contributed by atoms with Crippen LogP contribution in [0.1, 0.15) is 0 Å². The lowest BCUT2D eigenvalue weighted by Crippen LogP contribution is -1.87. The molecule has 0 unspecified atom stereocenters. The molecule has 4 aromatic rings. The fourth-order valence-corrected chi connectivity index (χ4v) is 2.64. The Labute approximate surface area is 116 Å². The highest BCUT2D eigenvalue weighted by atomic mass is 14.7. The molecular weight excluding hydrogens is 244 g/mol. The number of pyridine rings is 2. The summed E-state index contributed by atoms with van der Waals surface area (Å²) in [6, 6.07) is 20.7. The van der Waals surface area contributed by atoms with Gasteiger partial charge in [-0.3, -0.25) is 9.97 Å². The van der Waals surface area contributed by atoms with E-state index < -0.39 is 0 Å². The van der Waals surface area contributed by atoms with Gasteiger partial charge >= 0.3 is 0 Å². The van der Waals surface area contributed by atoms with Gasteiger partial charge in [-0.05, 0) is 41.5 Å². The van der Waals surface area contributed by atoms with Gasteiger partial charge in [0.05, 0.1) is 11.0 Å². The first-order valence-corrected chi connectivity index (χ1v) is 6.61. The third-order valence-electron chi connectivity index (χ3n) is 3.58. The molecule has 0 N–H and O–H groups in total. The van der Waals surface area contributed by atoms with Crippen molar-refractivity contribution < 1.29 is 0 Å². The Bertz CT molecular complexity index is 899. The maximum atomic E-state index is 4.56. The number of nitrogens with zero attached hydrogens (tertiary/aromatic N) is 2. The van der Waals surface area contributed by atoms with Crippen molar-refractivity contribution in [2.24, 2.45) is 0 Å². The smallest absolute Gasteiger partial charge is 0.0802 e. The fourth-order valence-electron chi connectivity index (χ4n) is 2.64. The predicted molar refractivity (Wildman–Crippen MR) is 82.5 cm³/mol. The van der Waals surface area contributed by atoms with Crippen LogP contribution in [0.4, 0.5) is 0 Å². The fraction of sp³-hybridized carbons (Fsp3) is 0. The molecule has 94 valence electrons. The molecular formula is C18H12N2. The van der Waals surface area contributed by atoms with Gasteiger partial charge < -0.3 is 0 Å². The number of hydrogen-bond acceptors (Lipinski definition) is 2. The zero-order chi connectivity index (χ0) is 13.4. The Morgan fingerprint density at radius 2 is 1.50 bits per heavy atom. The van der Waals surface area contributed by atoms with Crippen LogP contribution in [0.25, 0.3) is 32.9 Å². The molecule has 4 rings (SSSR count). The minimum Gasteiger partial charge on any atom is -0.256 e. The minimum absolute atomic E-state index is 0.984. The number of benzene rings is 2. The van der Waals surface area contributed by atoms with E-state index >= 15 is 0 Å². The normalized spacial score (nSPS) is 11.0. The van der Waals surface area contributed by atoms with E-state index in [9.17, 15) is 0 Å². The maximum Gasteiger partial charge on any atom is 0.0802 e. The van der Waals surface area contributed by atoms with Gasteiger partial charge in [-0.25, -0.2) is 0 Å². The zero-order valence-electron chi connectivity index (χ0n) is 10.8. The highest BCUT2D eigenvalue weighted by molar-refractivity contribution is 6.08. The highest BCUT2D eigenvalue weighted by Gasteiger charge is 2.07. The second-order valence-corrected chi connectivity index (χ2v) is 4.76. The van der Waals surface area contributed by atoms with Crippen molar-refractivity contribution in [1.82, 2.24) is 9.97 Å². The van der Waals surface area contributed by atoms with E-state index in [2.05, 4.69) is 58.5 Å². The van der Waals surface area contributed by atoms with Gasteiger partial charge in [0.15, 0.2) is 0 Å². The lowest BCUT2D eigenvalue weighted by molar-refractivity contribution is 1.39. The van der Waals surface area contributed by atoms with Crippen LogP contribution in [0, 0.1) is 0 Å². The number of aromatic nitrogens is 2. The van der Waals surface area contributed by atoms with Crippen LogP contribution in [0.5, 0.6) is 0 Å². The molecule has 2 aromatic heterocycles. The Morgan fingerprint density at radius 3 is 2.40 bits per heavy atom. The van der Waals surface area contributed by atoms with E-state index in [4.69, 9.17) is 0 Å². The number of fused-ring (bicyclic) bond motifs is 3. The summed E-state index contributed by atoms with van der Waals surface area (Å²) >= 11 is 0. The predicted octanol–water partition coefficient (Wildman–Crippen LogP) is 4.45. The second-order valence-electron chi connectivity index (χ2n) is 4.76. The van der Waals surface area contributed by atoms with Crippen LogP contribution in [0.2, 0.25) is 0 Å². The monoisotopic (exact) mass is 256 g/mol. The molecule has 0 amide bonds. The Hall–Kier alpha value is -2.74. The van der Waals surface area contributed by atoms with Crippen LogP contribution in [-0.2, 0) is 0 Å². The molecule has 0 radical (unpaired) electrons. The zero-order valence-corrected chi connectivity index (χ0v) is 10.8. The summed E-state index contributed by atoms with van der Waals surface area (Å²) in [5, 5.41) is 2.27. The van der Waals surface area contributed by atoms with E-state index in [1.807, 2.05) is 24.5 Å². The third kappa shape index (κ3) is 1.66.